The van der Waals surface area contributed by atoms with E-state index in [1.807, 2.05) is 0 Å². The summed E-state index contributed by atoms with van der Waals surface area (Å²) >= 11 is 0. The van der Waals surface area contributed by atoms with Crippen LogP contribution in [0, 0.1) is 5.92 Å². The number of hydrogen-bond acceptors (Lipinski definition) is 4. The van der Waals surface area contributed by atoms with Crippen molar-refractivity contribution in [1.29, 1.82) is 0 Å². The van der Waals surface area contributed by atoms with Crippen molar-refractivity contribution in [3.63, 3.8) is 0 Å². The van der Waals surface area contributed by atoms with Crippen LogP contribution in [-0.4, -0.2) is 31.3 Å². The third kappa shape index (κ3) is 2.74. The molecule has 0 aliphatic heterocycles. The lowest BCUT2D eigenvalue weighted by Crippen LogP contribution is -2.46. The van der Waals surface area contributed by atoms with Crippen LogP contribution in [0.2, 0.25) is 0 Å². The zero-order valence-electron chi connectivity index (χ0n) is 9.91. The Morgan fingerprint density at radius 1 is 1.44 bits per heavy atom. The molecule has 0 heterocycles. The van der Waals surface area contributed by atoms with E-state index in [9.17, 15) is 4.79 Å². The molecule has 4 heteroatoms. The Kier molecular flexibility index (Phi) is 3.50. The number of methoxy groups -OCH3 is 1. The predicted octanol–water partition coefficient (Wildman–Crippen LogP) is 1.23. The summed E-state index contributed by atoms with van der Waals surface area (Å²) in [6.45, 7) is 0.812. The highest BCUT2D eigenvalue weighted by molar-refractivity contribution is 5.80. The van der Waals surface area contributed by atoms with E-state index < -0.39 is 5.54 Å². The molecule has 0 spiro atoms. The summed E-state index contributed by atoms with van der Waals surface area (Å²) in [6, 6.07) is 0. The van der Waals surface area contributed by atoms with Crippen LogP contribution < -0.4 is 5.73 Å². The van der Waals surface area contributed by atoms with E-state index in [1.54, 1.807) is 0 Å². The fourth-order valence-electron chi connectivity index (χ4n) is 2.37. The molecule has 0 bridgehead atoms. The fraction of sp³-hybridized carbons (Fsp3) is 0.917. The first-order chi connectivity index (χ1) is 7.64. The summed E-state index contributed by atoms with van der Waals surface area (Å²) < 4.78 is 10.5. The Morgan fingerprint density at radius 3 is 2.81 bits per heavy atom. The zero-order valence-corrected chi connectivity index (χ0v) is 9.91. The van der Waals surface area contributed by atoms with Crippen molar-refractivity contribution in [1.82, 2.24) is 0 Å². The molecule has 2 atom stereocenters. The third-order valence-corrected chi connectivity index (χ3v) is 3.67. The fourth-order valence-corrected chi connectivity index (χ4v) is 2.37. The molecule has 0 radical (unpaired) electrons. The van der Waals surface area contributed by atoms with Gasteiger partial charge >= 0.3 is 5.97 Å². The highest BCUT2D eigenvalue weighted by atomic mass is 16.5. The van der Waals surface area contributed by atoms with Gasteiger partial charge in [-0.3, -0.25) is 4.79 Å². The van der Waals surface area contributed by atoms with Crippen molar-refractivity contribution < 1.29 is 14.3 Å². The predicted molar refractivity (Wildman–Crippen MR) is 59.9 cm³/mol. The van der Waals surface area contributed by atoms with Crippen LogP contribution in [0.4, 0.5) is 0 Å². The molecule has 2 fully saturated rings. The Morgan fingerprint density at radius 2 is 2.19 bits per heavy atom. The first-order valence-corrected chi connectivity index (χ1v) is 6.13. The monoisotopic (exact) mass is 227 g/mol. The summed E-state index contributed by atoms with van der Waals surface area (Å²) in [5.74, 6) is 0.588. The van der Waals surface area contributed by atoms with Gasteiger partial charge in [0.1, 0.15) is 5.54 Å². The lowest BCUT2D eigenvalue weighted by Gasteiger charge is -2.20. The molecule has 92 valence electrons. The minimum Gasteiger partial charge on any atom is -0.468 e. The summed E-state index contributed by atoms with van der Waals surface area (Å²) in [5.41, 5.74) is 5.19. The summed E-state index contributed by atoms with van der Waals surface area (Å²) in [7, 11) is 1.39. The Balaban J connectivity index is 1.71. The van der Waals surface area contributed by atoms with Crippen LogP contribution in [0.3, 0.4) is 0 Å². The Bertz CT molecular complexity index is 265. The van der Waals surface area contributed by atoms with E-state index in [4.69, 9.17) is 15.2 Å². The van der Waals surface area contributed by atoms with E-state index in [0.29, 0.717) is 12.8 Å². The molecular formula is C12H21NO3. The van der Waals surface area contributed by atoms with Gasteiger partial charge in [0.2, 0.25) is 0 Å². The lowest BCUT2D eigenvalue weighted by molar-refractivity contribution is -0.147. The van der Waals surface area contributed by atoms with Crippen LogP contribution in [-0.2, 0) is 14.3 Å². The minimum atomic E-state index is -0.807. The standard InChI is InChI=1S/C12H21NO3/c1-15-11(14)12(13)6-4-10(8-12)16-7-5-9-2-3-9/h9-10H,2-8,13H2,1H3. The molecule has 2 aliphatic carbocycles. The Hall–Kier alpha value is -0.610. The SMILES string of the molecule is COC(=O)C1(N)CCC(OCCC2CC2)C1. The summed E-state index contributed by atoms with van der Waals surface area (Å²) in [5, 5.41) is 0. The zero-order chi connectivity index (χ0) is 11.6. The number of carbonyl (C=O) groups excluding carboxylic acids is 1. The van der Waals surface area contributed by atoms with Crippen molar-refractivity contribution >= 4 is 5.97 Å². The molecule has 2 saturated carbocycles. The van der Waals surface area contributed by atoms with Gasteiger partial charge in [0.25, 0.3) is 0 Å². The molecule has 2 aliphatic rings. The quantitative estimate of drug-likeness (QED) is 0.717. The van der Waals surface area contributed by atoms with E-state index in [-0.39, 0.29) is 12.1 Å². The maximum atomic E-state index is 11.5. The number of ether oxygens (including phenoxy) is 2. The Labute approximate surface area is 96.5 Å². The molecule has 2 N–H and O–H groups in total. The number of carbonyl (C=O) groups is 1. The average Bonchev–Trinajstić information content (AvgIpc) is 3.01. The van der Waals surface area contributed by atoms with Gasteiger partial charge in [0.05, 0.1) is 13.2 Å². The molecule has 0 amide bonds. The number of nitrogens with two attached hydrogens (primary N) is 1. The molecule has 0 saturated heterocycles. The summed E-state index contributed by atoms with van der Waals surface area (Å²) in [6.07, 6.45) is 6.16. The molecule has 0 aromatic heterocycles. The average molecular weight is 227 g/mol. The van der Waals surface area contributed by atoms with Crippen molar-refractivity contribution in [2.45, 2.75) is 50.2 Å². The molecule has 16 heavy (non-hydrogen) atoms. The maximum Gasteiger partial charge on any atom is 0.325 e. The van der Waals surface area contributed by atoms with E-state index in [2.05, 4.69) is 0 Å². The molecule has 0 aromatic carbocycles. The van der Waals surface area contributed by atoms with Crippen molar-refractivity contribution in [3.05, 3.63) is 0 Å². The second-order valence-electron chi connectivity index (χ2n) is 5.12. The van der Waals surface area contributed by atoms with Crippen molar-refractivity contribution in [2.75, 3.05) is 13.7 Å². The smallest absolute Gasteiger partial charge is 0.325 e. The van der Waals surface area contributed by atoms with Gasteiger partial charge < -0.3 is 15.2 Å². The molecular weight excluding hydrogens is 206 g/mol. The van der Waals surface area contributed by atoms with Crippen LogP contribution in [0.15, 0.2) is 0 Å². The minimum absolute atomic E-state index is 0.142. The number of hydrogen-bond donors (Lipinski definition) is 1. The van der Waals surface area contributed by atoms with Gasteiger partial charge in [-0.15, -0.1) is 0 Å². The second kappa shape index (κ2) is 4.72. The van der Waals surface area contributed by atoms with Crippen LogP contribution >= 0.6 is 0 Å². The van der Waals surface area contributed by atoms with E-state index in [0.717, 1.165) is 25.4 Å². The van der Waals surface area contributed by atoms with Gasteiger partial charge in [-0.05, 0) is 25.2 Å². The highest BCUT2D eigenvalue weighted by Crippen LogP contribution is 2.34. The first kappa shape index (κ1) is 11.9. The van der Waals surface area contributed by atoms with Crippen LogP contribution in [0.1, 0.15) is 38.5 Å². The third-order valence-electron chi connectivity index (χ3n) is 3.67. The molecule has 4 nitrogen and oxygen atoms in total. The number of rotatable bonds is 5. The largest absolute Gasteiger partial charge is 0.468 e. The topological polar surface area (TPSA) is 61.5 Å². The number of esters is 1. The second-order valence-corrected chi connectivity index (χ2v) is 5.12. The van der Waals surface area contributed by atoms with Gasteiger partial charge in [-0.2, -0.15) is 0 Å². The van der Waals surface area contributed by atoms with Gasteiger partial charge in [0, 0.05) is 13.0 Å². The van der Waals surface area contributed by atoms with E-state index >= 15 is 0 Å². The van der Waals surface area contributed by atoms with Crippen LogP contribution in [0.25, 0.3) is 0 Å². The van der Waals surface area contributed by atoms with Crippen molar-refractivity contribution in [3.8, 4) is 0 Å². The maximum absolute atomic E-state index is 11.5. The van der Waals surface area contributed by atoms with Crippen molar-refractivity contribution in [2.24, 2.45) is 11.7 Å². The molecule has 2 unspecified atom stereocenters. The first-order valence-electron chi connectivity index (χ1n) is 6.13. The van der Waals surface area contributed by atoms with Gasteiger partial charge in [0.15, 0.2) is 0 Å². The van der Waals surface area contributed by atoms with Crippen LogP contribution in [0.5, 0.6) is 0 Å². The van der Waals surface area contributed by atoms with Gasteiger partial charge in [-0.25, -0.2) is 0 Å². The highest BCUT2D eigenvalue weighted by Gasteiger charge is 2.43. The van der Waals surface area contributed by atoms with Gasteiger partial charge in [-0.1, -0.05) is 12.8 Å². The summed E-state index contributed by atoms with van der Waals surface area (Å²) in [4.78, 5) is 11.5. The van der Waals surface area contributed by atoms with E-state index in [1.165, 1.54) is 20.0 Å². The normalized spacial score (nSPS) is 34.0. The molecule has 0 aromatic rings. The molecule has 2 rings (SSSR count). The lowest BCUT2D eigenvalue weighted by atomic mass is 10.00.